The van der Waals surface area contributed by atoms with E-state index >= 15 is 0 Å². The van der Waals surface area contributed by atoms with Crippen molar-refractivity contribution in [1.82, 2.24) is 0 Å². The maximum absolute atomic E-state index is 8.48. The molecule has 0 radical (unpaired) electrons. The zero-order chi connectivity index (χ0) is 41.0. The Morgan fingerprint density at radius 1 is 0.400 bits per heavy atom. The van der Waals surface area contributed by atoms with Crippen molar-refractivity contribution in [2.45, 2.75) is 5.41 Å². The third-order valence-electron chi connectivity index (χ3n) is 10.7. The molecule has 1 aliphatic carbocycles. The van der Waals surface area contributed by atoms with Crippen LogP contribution in [-0.4, -0.2) is 0 Å². The van der Waals surface area contributed by atoms with E-state index in [0.29, 0.717) is 5.56 Å². The van der Waals surface area contributed by atoms with Crippen molar-refractivity contribution in [2.24, 2.45) is 0 Å². The first-order valence-corrected chi connectivity index (χ1v) is 19.2. The standard InChI is InChI=1S/C53H37NS/c1-5-15-38(16-6-1)39-29-32-46(33-30-39)54(45-21-11-4-12-22-45)52-36-35-51(55-52)41-27-25-40(26-28-41)42-31-34-48-47-23-13-14-24-49(47)53(50(48)37-42,43-17-7-2-8-18-43)44-19-9-3-10-20-44/h1-37H/i1D,5D,6D,15D,16D. The molecule has 10 rings (SSSR count). The molecule has 0 fully saturated rings. The van der Waals surface area contributed by atoms with E-state index in [1.54, 1.807) is 11.3 Å². The van der Waals surface area contributed by atoms with Crippen LogP contribution in [0, 0.1) is 0 Å². The molecule has 0 saturated carbocycles. The molecule has 0 bridgehead atoms. The van der Waals surface area contributed by atoms with Crippen LogP contribution in [0.25, 0.3) is 43.8 Å². The van der Waals surface area contributed by atoms with E-state index in [1.807, 2.05) is 42.5 Å². The van der Waals surface area contributed by atoms with Gasteiger partial charge in [0, 0.05) is 16.3 Å². The smallest absolute Gasteiger partial charge is 0.101 e. The molecule has 0 unspecified atom stereocenters. The minimum atomic E-state index is -0.456. The van der Waals surface area contributed by atoms with Gasteiger partial charge in [0.25, 0.3) is 0 Å². The minimum absolute atomic E-state index is 0.192. The molecule has 8 aromatic carbocycles. The summed E-state index contributed by atoms with van der Waals surface area (Å²) in [7, 11) is 0. The van der Waals surface area contributed by atoms with Gasteiger partial charge in [0.2, 0.25) is 0 Å². The maximum atomic E-state index is 8.48. The number of para-hydroxylation sites is 1. The first-order valence-electron chi connectivity index (χ1n) is 20.9. The molecule has 260 valence electrons. The van der Waals surface area contributed by atoms with Crippen LogP contribution >= 0.6 is 11.3 Å². The molecule has 9 aromatic rings. The van der Waals surface area contributed by atoms with Gasteiger partial charge in [-0.15, -0.1) is 11.3 Å². The summed E-state index contributed by atoms with van der Waals surface area (Å²) in [5.74, 6) is 0. The average Bonchev–Trinajstić information content (AvgIpc) is 3.91. The molecule has 1 aromatic heterocycles. The predicted octanol–water partition coefficient (Wildman–Crippen LogP) is 14.6. The molecule has 0 aliphatic heterocycles. The van der Waals surface area contributed by atoms with Crippen molar-refractivity contribution in [3.63, 3.8) is 0 Å². The van der Waals surface area contributed by atoms with Gasteiger partial charge in [-0.1, -0.05) is 182 Å². The number of rotatable bonds is 8. The van der Waals surface area contributed by atoms with Crippen LogP contribution in [0.3, 0.4) is 0 Å². The van der Waals surface area contributed by atoms with Gasteiger partial charge in [0.05, 0.1) is 12.3 Å². The lowest BCUT2D eigenvalue weighted by atomic mass is 9.67. The normalized spacial score (nSPS) is 13.8. The van der Waals surface area contributed by atoms with Crippen molar-refractivity contribution in [3.05, 3.63) is 247 Å². The average molecular weight is 725 g/mol. The highest BCUT2D eigenvalue weighted by Gasteiger charge is 2.46. The van der Waals surface area contributed by atoms with Gasteiger partial charge < -0.3 is 4.90 Å². The van der Waals surface area contributed by atoms with Gasteiger partial charge in [-0.25, -0.2) is 0 Å². The Bertz CT molecular complexity index is 2950. The zero-order valence-corrected chi connectivity index (χ0v) is 30.6. The van der Waals surface area contributed by atoms with Crippen molar-refractivity contribution in [1.29, 1.82) is 0 Å². The van der Waals surface area contributed by atoms with Crippen LogP contribution < -0.4 is 4.90 Å². The molecule has 1 aliphatic rings. The number of fused-ring (bicyclic) bond motifs is 3. The summed E-state index contributed by atoms with van der Waals surface area (Å²) in [6.07, 6.45) is 0. The molecular weight excluding hydrogens is 683 g/mol. The number of thiophene rings is 1. The fourth-order valence-electron chi connectivity index (χ4n) is 8.21. The number of hydrogen-bond donors (Lipinski definition) is 0. The van der Waals surface area contributed by atoms with Crippen molar-refractivity contribution < 1.29 is 6.85 Å². The van der Waals surface area contributed by atoms with Crippen LogP contribution in [0.4, 0.5) is 16.4 Å². The fraction of sp³-hybridized carbons (Fsp3) is 0.0189. The highest BCUT2D eigenvalue weighted by molar-refractivity contribution is 7.19. The van der Waals surface area contributed by atoms with Crippen LogP contribution in [0.1, 0.15) is 29.1 Å². The van der Waals surface area contributed by atoms with Gasteiger partial charge in [0.1, 0.15) is 5.00 Å². The second kappa shape index (κ2) is 13.9. The first-order chi connectivity index (χ1) is 29.3. The second-order valence-electron chi connectivity index (χ2n) is 13.7. The highest BCUT2D eigenvalue weighted by Crippen LogP contribution is 2.56. The summed E-state index contributed by atoms with van der Waals surface area (Å²) in [4.78, 5) is 3.31. The zero-order valence-electron chi connectivity index (χ0n) is 34.8. The summed E-state index contributed by atoms with van der Waals surface area (Å²) in [5.41, 5.74) is 13.2. The quantitative estimate of drug-likeness (QED) is 0.151. The number of nitrogens with zero attached hydrogens (tertiary/aromatic N) is 1. The molecule has 0 amide bonds. The van der Waals surface area contributed by atoms with Gasteiger partial charge >= 0.3 is 0 Å². The van der Waals surface area contributed by atoms with Gasteiger partial charge in [-0.3, -0.25) is 0 Å². The highest BCUT2D eigenvalue weighted by atomic mass is 32.1. The molecule has 1 heterocycles. The van der Waals surface area contributed by atoms with Crippen LogP contribution in [0.5, 0.6) is 0 Å². The van der Waals surface area contributed by atoms with Gasteiger partial charge in [-0.05, 0) is 104 Å². The Kier molecular flexibility index (Phi) is 7.03. The van der Waals surface area contributed by atoms with Crippen LogP contribution in [-0.2, 0) is 5.41 Å². The van der Waals surface area contributed by atoms with Crippen LogP contribution in [0.15, 0.2) is 224 Å². The minimum Gasteiger partial charge on any atom is -0.302 e. The Morgan fingerprint density at radius 3 is 1.62 bits per heavy atom. The fourth-order valence-corrected chi connectivity index (χ4v) is 9.26. The van der Waals surface area contributed by atoms with Crippen molar-refractivity contribution in [3.8, 4) is 43.8 Å². The van der Waals surface area contributed by atoms with E-state index in [-0.39, 0.29) is 29.7 Å². The summed E-state index contributed by atoms with van der Waals surface area (Å²) in [6.45, 7) is 0. The van der Waals surface area contributed by atoms with Crippen molar-refractivity contribution >= 4 is 27.7 Å². The number of anilines is 3. The summed E-state index contributed by atoms with van der Waals surface area (Å²) in [5, 5.41) is 1.02. The molecular formula is C53H37NS. The molecule has 0 atom stereocenters. The van der Waals surface area contributed by atoms with Crippen molar-refractivity contribution in [2.75, 3.05) is 4.90 Å². The lowest BCUT2D eigenvalue weighted by Gasteiger charge is -2.34. The van der Waals surface area contributed by atoms with Gasteiger partial charge in [0.15, 0.2) is 0 Å². The largest absolute Gasteiger partial charge is 0.302 e. The first kappa shape index (κ1) is 27.8. The van der Waals surface area contributed by atoms with E-state index in [1.165, 1.54) is 38.9 Å². The lowest BCUT2D eigenvalue weighted by Crippen LogP contribution is -2.28. The molecule has 0 spiro atoms. The van der Waals surface area contributed by atoms with E-state index in [2.05, 4.69) is 157 Å². The topological polar surface area (TPSA) is 3.24 Å². The Balaban J connectivity index is 0.998. The number of benzene rings is 8. The Labute approximate surface area is 334 Å². The van der Waals surface area contributed by atoms with E-state index in [4.69, 9.17) is 6.85 Å². The summed E-state index contributed by atoms with van der Waals surface area (Å²) >= 11 is 1.70. The van der Waals surface area contributed by atoms with E-state index in [0.717, 1.165) is 32.4 Å². The maximum Gasteiger partial charge on any atom is 0.101 e. The van der Waals surface area contributed by atoms with Gasteiger partial charge in [-0.2, -0.15) is 0 Å². The van der Waals surface area contributed by atoms with E-state index in [9.17, 15) is 0 Å². The molecule has 0 N–H and O–H groups in total. The molecule has 0 saturated heterocycles. The second-order valence-corrected chi connectivity index (χ2v) is 14.8. The predicted molar refractivity (Wildman–Crippen MR) is 233 cm³/mol. The molecule has 2 heteroatoms. The molecule has 55 heavy (non-hydrogen) atoms. The third kappa shape index (κ3) is 5.71. The number of hydrogen-bond acceptors (Lipinski definition) is 2. The van der Waals surface area contributed by atoms with E-state index < -0.39 is 11.5 Å². The monoisotopic (exact) mass is 724 g/mol. The molecule has 1 nitrogen and oxygen atoms in total. The summed E-state index contributed by atoms with van der Waals surface area (Å²) < 4.78 is 41.3. The lowest BCUT2D eigenvalue weighted by molar-refractivity contribution is 0.769. The summed E-state index contributed by atoms with van der Waals surface area (Å²) in [6, 6.07) is 66.9. The third-order valence-corrected chi connectivity index (χ3v) is 11.8. The van der Waals surface area contributed by atoms with Crippen LogP contribution in [0.2, 0.25) is 0 Å². The Morgan fingerprint density at radius 2 is 0.927 bits per heavy atom. The Hall–Kier alpha value is -6.74. The SMILES string of the molecule is [2H]c1c([2H])c([2H])c(-c2ccc(N(c3ccccc3)c3ccc(-c4ccc(-c5ccc6c(c5)C(c5ccccc5)(c5ccccc5)c5ccccc5-6)cc4)s3)cc2)c([2H])c1[2H].